The van der Waals surface area contributed by atoms with Crippen molar-refractivity contribution in [3.8, 4) is 0 Å². The summed E-state index contributed by atoms with van der Waals surface area (Å²) in [6.45, 7) is 5.54. The lowest BCUT2D eigenvalue weighted by atomic mass is 10.1. The van der Waals surface area contributed by atoms with Crippen molar-refractivity contribution >= 4 is 11.6 Å². The zero-order valence-corrected chi connectivity index (χ0v) is 11.9. The number of benzene rings is 1. The fraction of sp³-hybridized carbons (Fsp3) is 0.333. The second-order valence-electron chi connectivity index (χ2n) is 4.87. The topological polar surface area (TPSA) is 64.2 Å². The first-order chi connectivity index (χ1) is 9.58. The molecule has 0 saturated heterocycles. The van der Waals surface area contributed by atoms with Gasteiger partial charge in [-0.25, -0.2) is 0 Å². The molecule has 0 atom stereocenters. The largest absolute Gasteiger partial charge is 0.396 e. The van der Waals surface area contributed by atoms with Gasteiger partial charge in [-0.2, -0.15) is 5.10 Å². The van der Waals surface area contributed by atoms with E-state index in [1.54, 1.807) is 17.1 Å². The molecule has 0 aliphatic carbocycles. The Morgan fingerprint density at radius 1 is 1.45 bits per heavy atom. The van der Waals surface area contributed by atoms with E-state index in [0.29, 0.717) is 18.8 Å². The molecule has 1 aromatic carbocycles. The first-order valence-electron chi connectivity index (χ1n) is 6.69. The maximum atomic E-state index is 12.3. The van der Waals surface area contributed by atoms with Gasteiger partial charge in [0.2, 0.25) is 5.91 Å². The number of hydrogen-bond acceptors (Lipinski definition) is 3. The van der Waals surface area contributed by atoms with Gasteiger partial charge in [-0.15, -0.1) is 0 Å². The average Bonchev–Trinajstić information content (AvgIpc) is 2.81. The van der Waals surface area contributed by atoms with Gasteiger partial charge in [0.1, 0.15) is 6.54 Å². The molecule has 1 amide bonds. The van der Waals surface area contributed by atoms with Crippen LogP contribution in [-0.2, 0) is 17.9 Å². The molecule has 0 radical (unpaired) electrons. The number of amides is 1. The van der Waals surface area contributed by atoms with Crippen molar-refractivity contribution in [2.75, 3.05) is 12.3 Å². The van der Waals surface area contributed by atoms with Gasteiger partial charge in [-0.3, -0.25) is 9.48 Å². The van der Waals surface area contributed by atoms with E-state index in [2.05, 4.69) is 11.2 Å². The lowest BCUT2D eigenvalue weighted by Gasteiger charge is -2.21. The Balaban J connectivity index is 2.02. The Labute approximate surface area is 119 Å². The predicted octanol–water partition coefficient (Wildman–Crippen LogP) is 1.82. The van der Waals surface area contributed by atoms with Crippen LogP contribution in [0.2, 0.25) is 0 Å². The maximum Gasteiger partial charge on any atom is 0.244 e. The lowest BCUT2D eigenvalue weighted by Crippen LogP contribution is -2.33. The summed E-state index contributed by atoms with van der Waals surface area (Å²) in [4.78, 5) is 14.1. The van der Waals surface area contributed by atoms with Crippen molar-refractivity contribution in [3.05, 3.63) is 47.8 Å². The Morgan fingerprint density at radius 2 is 2.25 bits per heavy atom. The van der Waals surface area contributed by atoms with Crippen LogP contribution in [-0.4, -0.2) is 27.1 Å². The highest BCUT2D eigenvalue weighted by atomic mass is 16.2. The molecular weight excluding hydrogens is 252 g/mol. The van der Waals surface area contributed by atoms with E-state index in [1.807, 2.05) is 36.9 Å². The summed E-state index contributed by atoms with van der Waals surface area (Å²) in [5.41, 5.74) is 8.50. The fourth-order valence-electron chi connectivity index (χ4n) is 2.11. The molecule has 0 aliphatic rings. The minimum Gasteiger partial charge on any atom is -0.396 e. The van der Waals surface area contributed by atoms with Crippen LogP contribution in [0.15, 0.2) is 36.7 Å². The standard InChI is InChI=1S/C15H20N4O/c1-3-18(9-13-6-4-5-12(2)7-13)15(20)11-19-10-14(16)8-17-19/h4-8,10H,3,9,11,16H2,1-2H3. The number of nitrogens with two attached hydrogens (primary N) is 1. The molecule has 106 valence electrons. The Kier molecular flexibility index (Phi) is 4.40. The number of nitrogen functional groups attached to an aromatic ring is 1. The van der Waals surface area contributed by atoms with E-state index in [-0.39, 0.29) is 12.5 Å². The monoisotopic (exact) mass is 272 g/mol. The van der Waals surface area contributed by atoms with Crippen molar-refractivity contribution in [2.24, 2.45) is 0 Å². The van der Waals surface area contributed by atoms with Crippen LogP contribution < -0.4 is 5.73 Å². The second kappa shape index (κ2) is 6.23. The molecule has 0 saturated carbocycles. The van der Waals surface area contributed by atoms with Crippen molar-refractivity contribution in [2.45, 2.75) is 26.9 Å². The molecule has 1 heterocycles. The van der Waals surface area contributed by atoms with Gasteiger partial charge in [-0.05, 0) is 19.4 Å². The SMILES string of the molecule is CCN(Cc1cccc(C)c1)C(=O)Cn1cc(N)cn1. The van der Waals surface area contributed by atoms with Crippen molar-refractivity contribution in [1.29, 1.82) is 0 Å². The quantitative estimate of drug-likeness (QED) is 0.903. The molecule has 2 rings (SSSR count). The summed E-state index contributed by atoms with van der Waals surface area (Å²) in [6, 6.07) is 8.20. The normalized spacial score (nSPS) is 10.5. The highest BCUT2D eigenvalue weighted by molar-refractivity contribution is 5.76. The van der Waals surface area contributed by atoms with Crippen LogP contribution >= 0.6 is 0 Å². The van der Waals surface area contributed by atoms with Gasteiger partial charge < -0.3 is 10.6 Å². The molecule has 5 heteroatoms. The molecule has 5 nitrogen and oxygen atoms in total. The van der Waals surface area contributed by atoms with Gasteiger partial charge in [0.25, 0.3) is 0 Å². The summed E-state index contributed by atoms with van der Waals surface area (Å²) in [6.07, 6.45) is 3.21. The molecule has 0 unspecified atom stereocenters. The van der Waals surface area contributed by atoms with Gasteiger partial charge in [0.05, 0.1) is 11.9 Å². The summed E-state index contributed by atoms with van der Waals surface area (Å²) < 4.78 is 1.57. The number of aromatic nitrogens is 2. The van der Waals surface area contributed by atoms with Crippen LogP contribution in [0.25, 0.3) is 0 Å². The fourth-order valence-corrected chi connectivity index (χ4v) is 2.11. The zero-order valence-electron chi connectivity index (χ0n) is 11.9. The summed E-state index contributed by atoms with van der Waals surface area (Å²) in [7, 11) is 0. The number of rotatable bonds is 5. The first kappa shape index (κ1) is 14.1. The third-order valence-corrected chi connectivity index (χ3v) is 3.14. The van der Waals surface area contributed by atoms with Gasteiger partial charge in [0.15, 0.2) is 0 Å². The summed E-state index contributed by atoms with van der Waals surface area (Å²) in [5, 5.41) is 4.04. The number of anilines is 1. The predicted molar refractivity (Wildman–Crippen MR) is 78.9 cm³/mol. The van der Waals surface area contributed by atoms with Crippen LogP contribution in [0.4, 0.5) is 5.69 Å². The molecule has 0 spiro atoms. The van der Waals surface area contributed by atoms with E-state index < -0.39 is 0 Å². The molecular formula is C15H20N4O. The van der Waals surface area contributed by atoms with Crippen LogP contribution in [0.3, 0.4) is 0 Å². The third kappa shape index (κ3) is 3.60. The van der Waals surface area contributed by atoms with Crippen LogP contribution in [0.1, 0.15) is 18.1 Å². The Bertz CT molecular complexity index is 591. The number of nitrogens with zero attached hydrogens (tertiary/aromatic N) is 3. The summed E-state index contributed by atoms with van der Waals surface area (Å²) in [5.74, 6) is 0.0390. The maximum absolute atomic E-state index is 12.3. The van der Waals surface area contributed by atoms with E-state index in [1.165, 1.54) is 5.56 Å². The molecule has 1 aromatic heterocycles. The number of likely N-dealkylation sites (N-methyl/N-ethyl adjacent to an activating group) is 1. The van der Waals surface area contributed by atoms with E-state index in [0.717, 1.165) is 5.56 Å². The van der Waals surface area contributed by atoms with E-state index in [9.17, 15) is 4.79 Å². The number of aryl methyl sites for hydroxylation is 1. The number of carbonyl (C=O) groups excluding carboxylic acids is 1. The summed E-state index contributed by atoms with van der Waals surface area (Å²) >= 11 is 0. The lowest BCUT2D eigenvalue weighted by molar-refractivity contribution is -0.132. The van der Waals surface area contributed by atoms with Gasteiger partial charge in [-0.1, -0.05) is 29.8 Å². The highest BCUT2D eigenvalue weighted by Gasteiger charge is 2.13. The van der Waals surface area contributed by atoms with Crippen LogP contribution in [0.5, 0.6) is 0 Å². The second-order valence-corrected chi connectivity index (χ2v) is 4.87. The third-order valence-electron chi connectivity index (χ3n) is 3.14. The Hall–Kier alpha value is -2.30. The first-order valence-corrected chi connectivity index (χ1v) is 6.69. The molecule has 0 aliphatic heterocycles. The molecule has 0 fully saturated rings. The zero-order chi connectivity index (χ0) is 14.5. The number of carbonyl (C=O) groups is 1. The molecule has 20 heavy (non-hydrogen) atoms. The molecule has 2 N–H and O–H groups in total. The molecule has 2 aromatic rings. The van der Waals surface area contributed by atoms with Gasteiger partial charge in [0, 0.05) is 19.3 Å². The Morgan fingerprint density at radius 3 is 2.85 bits per heavy atom. The van der Waals surface area contributed by atoms with Crippen molar-refractivity contribution in [1.82, 2.24) is 14.7 Å². The minimum absolute atomic E-state index is 0.0390. The molecule has 0 bridgehead atoms. The van der Waals surface area contributed by atoms with E-state index >= 15 is 0 Å². The van der Waals surface area contributed by atoms with Crippen LogP contribution in [0, 0.1) is 6.92 Å². The minimum atomic E-state index is 0.0390. The van der Waals surface area contributed by atoms with E-state index in [4.69, 9.17) is 5.73 Å². The van der Waals surface area contributed by atoms with Gasteiger partial charge >= 0.3 is 0 Å². The average molecular weight is 272 g/mol. The number of hydrogen-bond donors (Lipinski definition) is 1. The van der Waals surface area contributed by atoms with Crippen molar-refractivity contribution in [3.63, 3.8) is 0 Å². The smallest absolute Gasteiger partial charge is 0.244 e. The van der Waals surface area contributed by atoms with Crippen molar-refractivity contribution < 1.29 is 4.79 Å². The highest BCUT2D eigenvalue weighted by Crippen LogP contribution is 2.08.